The largest absolute Gasteiger partial charge is 0.471 e. The van der Waals surface area contributed by atoms with Gasteiger partial charge in [-0.05, 0) is 35.6 Å². The Morgan fingerprint density at radius 1 is 1.29 bits per heavy atom. The summed E-state index contributed by atoms with van der Waals surface area (Å²) < 4.78 is 37.4. The predicted octanol–water partition coefficient (Wildman–Crippen LogP) is 2.16. The van der Waals surface area contributed by atoms with Crippen LogP contribution >= 0.6 is 0 Å². The highest BCUT2D eigenvalue weighted by Gasteiger charge is 2.42. The summed E-state index contributed by atoms with van der Waals surface area (Å²) in [6.45, 7) is 0.146. The van der Waals surface area contributed by atoms with E-state index in [0.717, 1.165) is 21.6 Å². The Kier molecular flexibility index (Phi) is 4.50. The van der Waals surface area contributed by atoms with Crippen molar-refractivity contribution in [2.75, 3.05) is 20.2 Å². The molecule has 1 heterocycles. The lowest BCUT2D eigenvalue weighted by Crippen LogP contribution is -2.42. The van der Waals surface area contributed by atoms with Crippen LogP contribution in [0, 0.1) is 0 Å². The van der Waals surface area contributed by atoms with Crippen molar-refractivity contribution in [2.24, 2.45) is 5.16 Å². The van der Waals surface area contributed by atoms with Crippen LogP contribution in [0.4, 0.5) is 13.2 Å². The van der Waals surface area contributed by atoms with Gasteiger partial charge in [-0.25, -0.2) is 0 Å². The molecule has 1 aromatic rings. The summed E-state index contributed by atoms with van der Waals surface area (Å²) in [7, 11) is 1.43. The van der Waals surface area contributed by atoms with Gasteiger partial charge in [0.25, 0.3) is 0 Å². The van der Waals surface area contributed by atoms with Gasteiger partial charge < -0.3 is 9.74 Å². The SMILES string of the molecule is CON=Cc1ccc2c(c1)CCN(C(=O)C(F)(F)F)CC2. The number of carbonyl (C=O) groups is 1. The Bertz CT molecular complexity index is 556. The lowest BCUT2D eigenvalue weighted by Gasteiger charge is -2.21. The van der Waals surface area contributed by atoms with Crippen molar-refractivity contribution >= 4 is 12.1 Å². The van der Waals surface area contributed by atoms with Crippen molar-refractivity contribution in [1.82, 2.24) is 4.90 Å². The van der Waals surface area contributed by atoms with E-state index < -0.39 is 12.1 Å². The first-order valence-corrected chi connectivity index (χ1v) is 6.46. The molecule has 7 heteroatoms. The van der Waals surface area contributed by atoms with Gasteiger partial charge in [-0.2, -0.15) is 13.2 Å². The normalized spacial score (nSPS) is 15.7. The number of fused-ring (bicyclic) bond motifs is 1. The van der Waals surface area contributed by atoms with E-state index in [4.69, 9.17) is 0 Å². The predicted molar refractivity (Wildman–Crippen MR) is 71.1 cm³/mol. The van der Waals surface area contributed by atoms with Gasteiger partial charge >= 0.3 is 12.1 Å². The minimum absolute atomic E-state index is 0.0657. The second-order valence-electron chi connectivity index (χ2n) is 4.74. The minimum atomic E-state index is -4.81. The van der Waals surface area contributed by atoms with Crippen LogP contribution in [0.15, 0.2) is 23.4 Å². The summed E-state index contributed by atoms with van der Waals surface area (Å²) in [5.74, 6) is -1.77. The van der Waals surface area contributed by atoms with Crippen LogP contribution < -0.4 is 0 Å². The van der Waals surface area contributed by atoms with Crippen LogP contribution in [0.2, 0.25) is 0 Å². The molecule has 0 fully saturated rings. The number of amides is 1. The third-order valence-electron chi connectivity index (χ3n) is 3.37. The Morgan fingerprint density at radius 3 is 2.57 bits per heavy atom. The van der Waals surface area contributed by atoms with E-state index in [0.29, 0.717) is 12.8 Å². The standard InChI is InChI=1S/C14H15F3N2O2/c1-21-18-9-10-2-3-11-4-6-19(7-5-12(11)8-10)13(20)14(15,16)17/h2-3,8-9H,4-7H2,1H3. The second kappa shape index (κ2) is 6.15. The smallest absolute Gasteiger partial charge is 0.399 e. The zero-order chi connectivity index (χ0) is 15.5. The molecule has 1 aliphatic rings. The van der Waals surface area contributed by atoms with E-state index in [1.807, 2.05) is 18.2 Å². The van der Waals surface area contributed by atoms with Gasteiger partial charge in [0.1, 0.15) is 7.11 Å². The molecule has 0 spiro atoms. The fourth-order valence-electron chi connectivity index (χ4n) is 2.32. The summed E-state index contributed by atoms with van der Waals surface area (Å²) >= 11 is 0. The summed E-state index contributed by atoms with van der Waals surface area (Å²) in [4.78, 5) is 16.8. The van der Waals surface area contributed by atoms with Gasteiger partial charge in [0, 0.05) is 13.1 Å². The van der Waals surface area contributed by atoms with E-state index in [-0.39, 0.29) is 13.1 Å². The molecule has 21 heavy (non-hydrogen) atoms. The van der Waals surface area contributed by atoms with Crippen molar-refractivity contribution in [3.8, 4) is 0 Å². The molecule has 0 aliphatic carbocycles. The quantitative estimate of drug-likeness (QED) is 0.620. The van der Waals surface area contributed by atoms with E-state index >= 15 is 0 Å². The number of oxime groups is 1. The highest BCUT2D eigenvalue weighted by molar-refractivity contribution is 5.82. The highest BCUT2D eigenvalue weighted by Crippen LogP contribution is 2.22. The first kappa shape index (κ1) is 15.3. The molecule has 114 valence electrons. The van der Waals surface area contributed by atoms with Crippen LogP contribution in [0.5, 0.6) is 0 Å². The van der Waals surface area contributed by atoms with E-state index in [2.05, 4.69) is 9.99 Å². The van der Waals surface area contributed by atoms with Crippen molar-refractivity contribution in [3.63, 3.8) is 0 Å². The lowest BCUT2D eigenvalue weighted by atomic mass is 10.0. The van der Waals surface area contributed by atoms with Crippen LogP contribution in [0.25, 0.3) is 0 Å². The molecule has 0 bridgehead atoms. The fraction of sp³-hybridized carbons (Fsp3) is 0.429. The average Bonchev–Trinajstić information content (AvgIpc) is 2.65. The molecule has 1 aliphatic heterocycles. The average molecular weight is 300 g/mol. The highest BCUT2D eigenvalue weighted by atomic mass is 19.4. The third kappa shape index (κ3) is 3.74. The van der Waals surface area contributed by atoms with Crippen LogP contribution in [-0.4, -0.2) is 43.4 Å². The fourth-order valence-corrected chi connectivity index (χ4v) is 2.32. The number of halogens is 3. The van der Waals surface area contributed by atoms with Crippen molar-refractivity contribution < 1.29 is 22.8 Å². The molecule has 0 aromatic heterocycles. The number of carbonyl (C=O) groups excluding carboxylic acids is 1. The second-order valence-corrected chi connectivity index (χ2v) is 4.74. The third-order valence-corrected chi connectivity index (χ3v) is 3.37. The topological polar surface area (TPSA) is 41.9 Å². The number of benzene rings is 1. The van der Waals surface area contributed by atoms with Crippen LogP contribution in [0.3, 0.4) is 0 Å². The summed E-state index contributed by atoms with van der Waals surface area (Å²) in [6, 6.07) is 5.54. The van der Waals surface area contributed by atoms with Gasteiger partial charge in [-0.15, -0.1) is 0 Å². The van der Waals surface area contributed by atoms with Crippen LogP contribution in [-0.2, 0) is 22.5 Å². The Hall–Kier alpha value is -2.05. The first-order chi connectivity index (χ1) is 9.91. The summed E-state index contributed by atoms with van der Waals surface area (Å²) in [5.41, 5.74) is 2.71. The number of hydrogen-bond donors (Lipinski definition) is 0. The molecular formula is C14H15F3N2O2. The maximum absolute atomic E-state index is 12.5. The monoisotopic (exact) mass is 300 g/mol. The van der Waals surface area contributed by atoms with Gasteiger partial charge in [0.15, 0.2) is 0 Å². The van der Waals surface area contributed by atoms with Crippen molar-refractivity contribution in [2.45, 2.75) is 19.0 Å². The number of alkyl halides is 3. The van der Waals surface area contributed by atoms with E-state index in [1.54, 1.807) is 0 Å². The number of nitrogens with zero attached hydrogens (tertiary/aromatic N) is 2. The Balaban J connectivity index is 2.14. The lowest BCUT2D eigenvalue weighted by molar-refractivity contribution is -0.185. The Morgan fingerprint density at radius 2 is 1.95 bits per heavy atom. The maximum atomic E-state index is 12.5. The molecule has 1 aromatic carbocycles. The number of hydrogen-bond acceptors (Lipinski definition) is 3. The van der Waals surface area contributed by atoms with Gasteiger partial charge in [-0.3, -0.25) is 4.79 Å². The molecule has 2 rings (SSSR count). The van der Waals surface area contributed by atoms with Crippen molar-refractivity contribution in [1.29, 1.82) is 0 Å². The Labute approximate surface area is 120 Å². The molecule has 0 N–H and O–H groups in total. The van der Waals surface area contributed by atoms with Gasteiger partial charge in [0.2, 0.25) is 0 Å². The molecule has 0 radical (unpaired) electrons. The zero-order valence-electron chi connectivity index (χ0n) is 11.5. The molecule has 0 saturated carbocycles. The summed E-state index contributed by atoms with van der Waals surface area (Å²) in [5, 5.41) is 3.65. The molecule has 4 nitrogen and oxygen atoms in total. The van der Waals surface area contributed by atoms with E-state index in [9.17, 15) is 18.0 Å². The molecule has 0 saturated heterocycles. The minimum Gasteiger partial charge on any atom is -0.399 e. The molecular weight excluding hydrogens is 285 g/mol. The maximum Gasteiger partial charge on any atom is 0.471 e. The zero-order valence-corrected chi connectivity index (χ0v) is 11.5. The number of rotatable bonds is 2. The van der Waals surface area contributed by atoms with Crippen LogP contribution in [0.1, 0.15) is 16.7 Å². The van der Waals surface area contributed by atoms with Gasteiger partial charge in [0.05, 0.1) is 6.21 Å². The van der Waals surface area contributed by atoms with Gasteiger partial charge in [-0.1, -0.05) is 17.3 Å². The molecule has 1 amide bonds. The van der Waals surface area contributed by atoms with E-state index in [1.165, 1.54) is 13.3 Å². The summed E-state index contributed by atoms with van der Waals surface area (Å²) in [6.07, 6.45) is -2.47. The molecule has 0 atom stereocenters. The molecule has 0 unspecified atom stereocenters. The first-order valence-electron chi connectivity index (χ1n) is 6.46. The van der Waals surface area contributed by atoms with Crippen molar-refractivity contribution in [3.05, 3.63) is 34.9 Å².